The molecule has 0 aromatic rings. The Bertz CT molecular complexity index is 237. The number of hydrogen-bond donors (Lipinski definition) is 2. The molecule has 3 nitrogen and oxygen atoms in total. The van der Waals surface area contributed by atoms with E-state index in [-0.39, 0.29) is 17.9 Å². The van der Waals surface area contributed by atoms with Crippen molar-refractivity contribution in [3.63, 3.8) is 0 Å². The molecule has 0 aromatic heterocycles. The molecule has 1 unspecified atom stereocenters. The van der Waals surface area contributed by atoms with Crippen molar-refractivity contribution in [2.24, 2.45) is 11.7 Å². The zero-order valence-corrected chi connectivity index (χ0v) is 10.1. The van der Waals surface area contributed by atoms with Crippen LogP contribution >= 0.6 is 12.2 Å². The van der Waals surface area contributed by atoms with Crippen LogP contribution in [0.15, 0.2) is 0 Å². The molecule has 15 heavy (non-hydrogen) atoms. The lowest BCUT2D eigenvalue weighted by Crippen LogP contribution is -2.39. The highest BCUT2D eigenvalue weighted by molar-refractivity contribution is 7.80. The highest BCUT2D eigenvalue weighted by atomic mass is 32.1. The third-order valence-corrected chi connectivity index (χ3v) is 3.18. The molecular weight excluding hydrogens is 208 g/mol. The SMILES string of the molecule is CCC(CC(N)=S)NC(=O)C1CCCC1. The average molecular weight is 228 g/mol. The first kappa shape index (κ1) is 12.4. The van der Waals surface area contributed by atoms with E-state index in [9.17, 15) is 4.79 Å². The van der Waals surface area contributed by atoms with E-state index in [0.717, 1.165) is 19.3 Å². The Balaban J connectivity index is 2.36. The van der Waals surface area contributed by atoms with E-state index in [1.165, 1.54) is 12.8 Å². The number of thiocarbonyl (C=S) groups is 1. The Labute approximate surface area is 96.8 Å². The van der Waals surface area contributed by atoms with Gasteiger partial charge < -0.3 is 11.1 Å². The van der Waals surface area contributed by atoms with Gasteiger partial charge in [-0.3, -0.25) is 4.79 Å². The van der Waals surface area contributed by atoms with Crippen molar-refractivity contribution in [3.05, 3.63) is 0 Å². The highest BCUT2D eigenvalue weighted by Crippen LogP contribution is 2.24. The lowest BCUT2D eigenvalue weighted by molar-refractivity contribution is -0.125. The summed E-state index contributed by atoms with van der Waals surface area (Å²) in [5, 5.41) is 3.03. The van der Waals surface area contributed by atoms with E-state index in [1.807, 2.05) is 6.92 Å². The predicted octanol–water partition coefficient (Wildman–Crippen LogP) is 1.75. The maximum Gasteiger partial charge on any atom is 0.223 e. The Morgan fingerprint density at radius 3 is 2.60 bits per heavy atom. The molecule has 0 heterocycles. The summed E-state index contributed by atoms with van der Waals surface area (Å²) >= 11 is 4.85. The van der Waals surface area contributed by atoms with Crippen molar-refractivity contribution < 1.29 is 4.79 Å². The molecule has 1 aliphatic carbocycles. The zero-order valence-electron chi connectivity index (χ0n) is 9.29. The van der Waals surface area contributed by atoms with Crippen LogP contribution in [0.1, 0.15) is 45.4 Å². The second-order valence-corrected chi connectivity index (χ2v) is 4.79. The van der Waals surface area contributed by atoms with Gasteiger partial charge in [-0.1, -0.05) is 32.0 Å². The molecular formula is C11H20N2OS. The normalized spacial score (nSPS) is 18.7. The van der Waals surface area contributed by atoms with Crippen molar-refractivity contribution in [2.45, 2.75) is 51.5 Å². The number of amides is 1. The molecule has 0 radical (unpaired) electrons. The first-order valence-corrected chi connectivity index (χ1v) is 6.13. The molecule has 1 atom stereocenters. The Kier molecular flexibility index (Phi) is 5.02. The van der Waals surface area contributed by atoms with Crippen LogP contribution in [0.5, 0.6) is 0 Å². The van der Waals surface area contributed by atoms with Gasteiger partial charge in [-0.2, -0.15) is 0 Å². The van der Waals surface area contributed by atoms with E-state index in [1.54, 1.807) is 0 Å². The van der Waals surface area contributed by atoms with Crippen molar-refractivity contribution in [3.8, 4) is 0 Å². The van der Waals surface area contributed by atoms with Gasteiger partial charge >= 0.3 is 0 Å². The fourth-order valence-corrected chi connectivity index (χ4v) is 2.25. The van der Waals surface area contributed by atoms with Gasteiger partial charge in [0.2, 0.25) is 5.91 Å². The maximum absolute atomic E-state index is 11.8. The van der Waals surface area contributed by atoms with Crippen LogP contribution in [0.3, 0.4) is 0 Å². The van der Waals surface area contributed by atoms with E-state index in [2.05, 4.69) is 5.32 Å². The summed E-state index contributed by atoms with van der Waals surface area (Å²) in [6.45, 7) is 2.04. The van der Waals surface area contributed by atoms with E-state index in [0.29, 0.717) is 11.4 Å². The molecule has 4 heteroatoms. The molecule has 0 aliphatic heterocycles. The fraction of sp³-hybridized carbons (Fsp3) is 0.818. The number of carbonyl (C=O) groups excluding carboxylic acids is 1. The topological polar surface area (TPSA) is 55.1 Å². The maximum atomic E-state index is 11.8. The molecule has 1 saturated carbocycles. The van der Waals surface area contributed by atoms with Crippen LogP contribution in [-0.2, 0) is 4.79 Å². The van der Waals surface area contributed by atoms with Gasteiger partial charge in [0.25, 0.3) is 0 Å². The minimum Gasteiger partial charge on any atom is -0.393 e. The van der Waals surface area contributed by atoms with Crippen LogP contribution in [-0.4, -0.2) is 16.9 Å². The number of nitrogens with one attached hydrogen (secondary N) is 1. The van der Waals surface area contributed by atoms with Crippen molar-refractivity contribution in [1.29, 1.82) is 0 Å². The molecule has 0 saturated heterocycles. The molecule has 1 amide bonds. The van der Waals surface area contributed by atoms with Gasteiger partial charge in [0.1, 0.15) is 0 Å². The number of nitrogens with two attached hydrogens (primary N) is 1. The molecule has 0 aromatic carbocycles. The smallest absolute Gasteiger partial charge is 0.223 e. The quantitative estimate of drug-likeness (QED) is 0.705. The summed E-state index contributed by atoms with van der Waals surface area (Å²) < 4.78 is 0. The fourth-order valence-electron chi connectivity index (χ4n) is 2.05. The Hall–Kier alpha value is -0.640. The number of hydrogen-bond acceptors (Lipinski definition) is 2. The van der Waals surface area contributed by atoms with Crippen molar-refractivity contribution >= 4 is 23.1 Å². The second kappa shape index (κ2) is 6.05. The van der Waals surface area contributed by atoms with Crippen molar-refractivity contribution in [2.75, 3.05) is 0 Å². The summed E-state index contributed by atoms with van der Waals surface area (Å²) in [6.07, 6.45) is 5.94. The molecule has 1 fully saturated rings. The minimum atomic E-state index is 0.121. The highest BCUT2D eigenvalue weighted by Gasteiger charge is 2.24. The monoisotopic (exact) mass is 228 g/mol. The molecule has 1 rings (SSSR count). The van der Waals surface area contributed by atoms with Crippen LogP contribution in [0, 0.1) is 5.92 Å². The third-order valence-electron chi connectivity index (χ3n) is 3.01. The molecule has 3 N–H and O–H groups in total. The van der Waals surface area contributed by atoms with Gasteiger partial charge in [-0.25, -0.2) is 0 Å². The first-order valence-electron chi connectivity index (χ1n) is 5.72. The summed E-state index contributed by atoms with van der Waals surface area (Å²) in [6, 6.07) is 0.121. The van der Waals surface area contributed by atoms with E-state index < -0.39 is 0 Å². The standard InChI is InChI=1S/C11H20N2OS/c1-2-9(7-10(12)15)13-11(14)8-5-3-4-6-8/h8-9H,2-7H2,1H3,(H2,12,15)(H,13,14). The summed E-state index contributed by atoms with van der Waals surface area (Å²) in [5.74, 6) is 0.418. The average Bonchev–Trinajstić information content (AvgIpc) is 2.68. The molecule has 86 valence electrons. The Morgan fingerprint density at radius 1 is 1.53 bits per heavy atom. The molecule has 0 spiro atoms. The van der Waals surface area contributed by atoms with E-state index >= 15 is 0 Å². The second-order valence-electron chi connectivity index (χ2n) is 4.27. The van der Waals surface area contributed by atoms with Gasteiger partial charge in [0, 0.05) is 18.4 Å². The van der Waals surface area contributed by atoms with Crippen molar-refractivity contribution in [1.82, 2.24) is 5.32 Å². The van der Waals surface area contributed by atoms with Gasteiger partial charge in [0.05, 0.1) is 4.99 Å². The lowest BCUT2D eigenvalue weighted by atomic mass is 10.1. The lowest BCUT2D eigenvalue weighted by Gasteiger charge is -2.18. The van der Waals surface area contributed by atoms with Crippen LogP contribution in [0.4, 0.5) is 0 Å². The first-order chi connectivity index (χ1) is 7.13. The summed E-state index contributed by atoms with van der Waals surface area (Å²) in [4.78, 5) is 12.3. The summed E-state index contributed by atoms with van der Waals surface area (Å²) in [7, 11) is 0. The number of rotatable bonds is 5. The Morgan fingerprint density at radius 2 is 2.13 bits per heavy atom. The van der Waals surface area contributed by atoms with E-state index in [4.69, 9.17) is 18.0 Å². The summed E-state index contributed by atoms with van der Waals surface area (Å²) in [5.41, 5.74) is 5.48. The minimum absolute atomic E-state index is 0.121. The van der Waals surface area contributed by atoms with Crippen LogP contribution in [0.2, 0.25) is 0 Å². The predicted molar refractivity (Wildman–Crippen MR) is 65.6 cm³/mol. The van der Waals surface area contributed by atoms with Gasteiger partial charge in [-0.05, 0) is 19.3 Å². The largest absolute Gasteiger partial charge is 0.393 e. The van der Waals surface area contributed by atoms with Crippen LogP contribution < -0.4 is 11.1 Å². The van der Waals surface area contributed by atoms with Crippen LogP contribution in [0.25, 0.3) is 0 Å². The number of carbonyl (C=O) groups is 1. The third kappa shape index (κ3) is 4.16. The van der Waals surface area contributed by atoms with Gasteiger partial charge in [0.15, 0.2) is 0 Å². The molecule has 1 aliphatic rings. The zero-order chi connectivity index (χ0) is 11.3. The molecule has 0 bridgehead atoms. The van der Waals surface area contributed by atoms with Gasteiger partial charge in [-0.15, -0.1) is 0 Å².